The minimum atomic E-state index is -1.21. The molecule has 0 unspecified atom stereocenters. The van der Waals surface area contributed by atoms with Crippen molar-refractivity contribution in [3.8, 4) is 11.5 Å². The second-order valence-corrected chi connectivity index (χ2v) is 7.67. The molecule has 2 aliphatic rings. The molecule has 0 atom stereocenters. The van der Waals surface area contributed by atoms with Crippen molar-refractivity contribution in [3.63, 3.8) is 0 Å². The fourth-order valence-electron chi connectivity index (χ4n) is 3.60. The number of ether oxygens (including phenoxy) is 1. The van der Waals surface area contributed by atoms with E-state index >= 15 is 0 Å². The van der Waals surface area contributed by atoms with Gasteiger partial charge in [-0.15, -0.1) is 5.10 Å². The number of carboxylic acids is 1. The van der Waals surface area contributed by atoms with E-state index < -0.39 is 13.1 Å². The van der Waals surface area contributed by atoms with Crippen LogP contribution in [0.2, 0.25) is 6.32 Å². The maximum Gasteiger partial charge on any atom is 0.522 e. The average molecular weight is 428 g/mol. The number of hydrogen-bond acceptors (Lipinski definition) is 8. The molecular formula is C19H21BN4O7. The number of carbonyl (C=O) groups excluding carboxylic acids is 2. The lowest BCUT2D eigenvalue weighted by Gasteiger charge is -2.39. The van der Waals surface area contributed by atoms with Crippen LogP contribution in [0.15, 0.2) is 18.3 Å². The highest BCUT2D eigenvalue weighted by Gasteiger charge is 2.35. The molecule has 1 aromatic carbocycles. The van der Waals surface area contributed by atoms with Gasteiger partial charge in [0.15, 0.2) is 5.78 Å². The molecule has 0 aliphatic carbocycles. The summed E-state index contributed by atoms with van der Waals surface area (Å²) in [5.74, 6) is -1.16. The molecule has 1 saturated heterocycles. The van der Waals surface area contributed by atoms with Crippen LogP contribution in [0, 0.1) is 0 Å². The third-order valence-electron chi connectivity index (χ3n) is 5.13. The fourth-order valence-corrected chi connectivity index (χ4v) is 3.60. The molecule has 162 valence electrons. The van der Waals surface area contributed by atoms with Gasteiger partial charge in [0, 0.05) is 6.20 Å². The van der Waals surface area contributed by atoms with Crippen LogP contribution >= 0.6 is 0 Å². The number of rotatable bonds is 7. The highest BCUT2D eigenvalue weighted by atomic mass is 16.5. The summed E-state index contributed by atoms with van der Waals surface area (Å²) in [7, 11) is -1.05. The van der Waals surface area contributed by atoms with E-state index in [2.05, 4.69) is 10.3 Å². The van der Waals surface area contributed by atoms with Gasteiger partial charge in [0.2, 0.25) is 5.91 Å². The summed E-state index contributed by atoms with van der Waals surface area (Å²) in [5, 5.41) is 27.1. The quantitative estimate of drug-likeness (QED) is 0.574. The van der Waals surface area contributed by atoms with Crippen molar-refractivity contribution in [1.29, 1.82) is 0 Å². The summed E-state index contributed by atoms with van der Waals surface area (Å²) < 4.78 is 12.5. The Kier molecular flexibility index (Phi) is 5.64. The monoisotopic (exact) mass is 428 g/mol. The van der Waals surface area contributed by atoms with Crippen LogP contribution in [0.5, 0.6) is 11.5 Å². The van der Waals surface area contributed by atoms with E-state index in [1.54, 1.807) is 23.2 Å². The number of likely N-dealkylation sites (tertiary alicyclic amines) is 1. The van der Waals surface area contributed by atoms with Crippen LogP contribution < -0.4 is 9.39 Å². The summed E-state index contributed by atoms with van der Waals surface area (Å²) in [6, 6.07) is 3.32. The Morgan fingerprint density at radius 2 is 2.10 bits per heavy atom. The third kappa shape index (κ3) is 4.53. The van der Waals surface area contributed by atoms with Gasteiger partial charge in [-0.2, -0.15) is 0 Å². The predicted molar refractivity (Wildman–Crippen MR) is 106 cm³/mol. The van der Waals surface area contributed by atoms with Crippen LogP contribution in [-0.4, -0.2) is 74.0 Å². The van der Waals surface area contributed by atoms with Gasteiger partial charge in [0.25, 0.3) is 0 Å². The van der Waals surface area contributed by atoms with Crippen LogP contribution in [-0.2, 0) is 29.0 Å². The minimum absolute atomic E-state index is 0.0512. The standard InChI is InChI=1S/C19H21BN4O7/c1-11(25)7-24-8-13(21-22-24)6-16(26)23-9-14(10-23)30-15-3-2-12-4-5-20(29)31-18(12)17(15)19(27)28/h2-3,8,14,29H,4-7,9-10H2,1H3,(H,27,28). The van der Waals surface area contributed by atoms with Crippen molar-refractivity contribution in [2.24, 2.45) is 0 Å². The summed E-state index contributed by atoms with van der Waals surface area (Å²) >= 11 is 0. The predicted octanol–water partition coefficient (Wildman–Crippen LogP) is -0.187. The Morgan fingerprint density at radius 3 is 2.81 bits per heavy atom. The van der Waals surface area contributed by atoms with E-state index in [0.29, 0.717) is 37.1 Å². The highest BCUT2D eigenvalue weighted by Crippen LogP contribution is 2.37. The molecule has 11 nitrogen and oxygen atoms in total. The number of carbonyl (C=O) groups is 3. The van der Waals surface area contributed by atoms with Crippen molar-refractivity contribution >= 4 is 24.8 Å². The van der Waals surface area contributed by atoms with E-state index in [4.69, 9.17) is 9.39 Å². The summed E-state index contributed by atoms with van der Waals surface area (Å²) in [4.78, 5) is 36.9. The Morgan fingerprint density at radius 1 is 1.32 bits per heavy atom. The van der Waals surface area contributed by atoms with Crippen LogP contribution in [0.4, 0.5) is 0 Å². The number of Topliss-reactive ketones (excluding diaryl/α,β-unsaturated/α-hetero) is 1. The fraction of sp³-hybridized carbons (Fsp3) is 0.421. The van der Waals surface area contributed by atoms with E-state index in [1.165, 1.54) is 11.6 Å². The molecule has 1 fully saturated rings. The van der Waals surface area contributed by atoms with Gasteiger partial charge in [-0.1, -0.05) is 11.3 Å². The lowest BCUT2D eigenvalue weighted by Crippen LogP contribution is -2.56. The largest absolute Gasteiger partial charge is 0.535 e. The molecule has 3 heterocycles. The van der Waals surface area contributed by atoms with Gasteiger partial charge in [-0.25, -0.2) is 9.48 Å². The zero-order chi connectivity index (χ0) is 22.1. The van der Waals surface area contributed by atoms with Crippen LogP contribution in [0.25, 0.3) is 0 Å². The van der Waals surface area contributed by atoms with Crippen molar-refractivity contribution in [3.05, 3.63) is 35.2 Å². The number of ketones is 1. The van der Waals surface area contributed by atoms with Crippen LogP contribution in [0.1, 0.15) is 28.5 Å². The van der Waals surface area contributed by atoms with Gasteiger partial charge in [-0.3, -0.25) is 9.59 Å². The highest BCUT2D eigenvalue weighted by molar-refractivity contribution is 6.44. The molecule has 1 amide bonds. The number of aromatic nitrogens is 3. The Balaban J connectivity index is 1.36. The minimum Gasteiger partial charge on any atom is -0.535 e. The van der Waals surface area contributed by atoms with Gasteiger partial charge in [-0.05, 0) is 31.3 Å². The van der Waals surface area contributed by atoms with E-state index in [9.17, 15) is 24.5 Å². The lowest BCUT2D eigenvalue weighted by atomic mass is 9.78. The molecule has 4 rings (SSSR count). The maximum atomic E-state index is 12.4. The molecule has 0 radical (unpaired) electrons. The molecule has 2 N–H and O–H groups in total. The van der Waals surface area contributed by atoms with Crippen molar-refractivity contribution in [1.82, 2.24) is 19.9 Å². The Bertz CT molecular complexity index is 1030. The van der Waals surface area contributed by atoms with E-state index in [-0.39, 0.29) is 47.8 Å². The molecule has 2 aromatic rings. The van der Waals surface area contributed by atoms with Gasteiger partial charge >= 0.3 is 13.1 Å². The van der Waals surface area contributed by atoms with Crippen molar-refractivity contribution < 1.29 is 33.9 Å². The topological polar surface area (TPSA) is 144 Å². The first-order valence-corrected chi connectivity index (χ1v) is 9.87. The summed E-state index contributed by atoms with van der Waals surface area (Å²) in [6.45, 7) is 2.16. The van der Waals surface area contributed by atoms with Crippen LogP contribution in [0.3, 0.4) is 0 Å². The Labute approximate surface area is 177 Å². The van der Waals surface area contributed by atoms with E-state index in [0.717, 1.165) is 0 Å². The lowest BCUT2D eigenvalue weighted by molar-refractivity contribution is -0.139. The zero-order valence-electron chi connectivity index (χ0n) is 16.9. The average Bonchev–Trinajstić information content (AvgIpc) is 3.09. The molecule has 31 heavy (non-hydrogen) atoms. The van der Waals surface area contributed by atoms with Gasteiger partial charge < -0.3 is 24.4 Å². The molecule has 0 spiro atoms. The van der Waals surface area contributed by atoms with Gasteiger partial charge in [0.1, 0.15) is 29.7 Å². The number of benzene rings is 1. The normalized spacial score (nSPS) is 15.7. The number of aryl methyl sites for hydroxylation is 1. The second-order valence-electron chi connectivity index (χ2n) is 7.67. The van der Waals surface area contributed by atoms with Crippen molar-refractivity contribution in [2.75, 3.05) is 13.1 Å². The SMILES string of the molecule is CC(=O)Cn1cc(CC(=O)N2CC(Oc3ccc4c(c3C(=O)O)OB(O)CC4)C2)nn1. The summed E-state index contributed by atoms with van der Waals surface area (Å²) in [5.41, 5.74) is 1.05. The maximum absolute atomic E-state index is 12.4. The summed E-state index contributed by atoms with van der Waals surface area (Å²) in [6.07, 6.45) is 2.17. The molecule has 12 heteroatoms. The number of aromatic carboxylic acids is 1. The molecule has 0 bridgehead atoms. The number of nitrogens with zero attached hydrogens (tertiary/aromatic N) is 4. The smallest absolute Gasteiger partial charge is 0.522 e. The molecule has 1 aromatic heterocycles. The van der Waals surface area contributed by atoms with Gasteiger partial charge in [0.05, 0.1) is 25.2 Å². The van der Waals surface area contributed by atoms with E-state index in [1.807, 2.05) is 0 Å². The molecule has 0 saturated carbocycles. The number of amides is 1. The third-order valence-corrected chi connectivity index (χ3v) is 5.13. The first kappa shape index (κ1) is 20.9. The zero-order valence-corrected chi connectivity index (χ0v) is 16.9. The molecule has 2 aliphatic heterocycles. The first-order valence-electron chi connectivity index (χ1n) is 9.87. The number of carboxylic acid groups (broad SMARTS) is 1. The molecular weight excluding hydrogens is 407 g/mol. The number of hydrogen-bond donors (Lipinski definition) is 2. The Hall–Kier alpha value is -3.41. The number of fused-ring (bicyclic) bond motifs is 1. The second kappa shape index (κ2) is 8.38. The van der Waals surface area contributed by atoms with Crippen molar-refractivity contribution in [2.45, 2.75) is 38.7 Å². The first-order chi connectivity index (χ1) is 14.8.